The third-order valence-electron chi connectivity index (χ3n) is 4.77. The van der Waals surface area contributed by atoms with Gasteiger partial charge in [-0.15, -0.1) is 0 Å². The van der Waals surface area contributed by atoms with E-state index in [0.717, 1.165) is 27.8 Å². The molecule has 8 heteroatoms. The van der Waals surface area contributed by atoms with Gasteiger partial charge < -0.3 is 15.0 Å². The van der Waals surface area contributed by atoms with Crippen molar-refractivity contribution in [3.05, 3.63) is 90.8 Å². The lowest BCUT2D eigenvalue weighted by Gasteiger charge is -2.11. The van der Waals surface area contributed by atoms with E-state index in [1.807, 2.05) is 54.7 Å². The molecule has 0 radical (unpaired) electrons. The largest absolute Gasteiger partial charge is 0.489 e. The van der Waals surface area contributed by atoms with Crippen molar-refractivity contribution in [2.24, 2.45) is 0 Å². The summed E-state index contributed by atoms with van der Waals surface area (Å²) < 4.78 is 7.62. The number of aromatic nitrogens is 5. The van der Waals surface area contributed by atoms with E-state index in [4.69, 9.17) is 4.74 Å². The lowest BCUT2D eigenvalue weighted by Crippen LogP contribution is -2.00. The Kier molecular flexibility index (Phi) is 4.75. The number of nitrogens with zero attached hydrogens (tertiary/aromatic N) is 5. The van der Waals surface area contributed by atoms with E-state index in [2.05, 4.69) is 31.4 Å². The van der Waals surface area contributed by atoms with Crippen molar-refractivity contribution in [1.29, 1.82) is 5.26 Å². The molecule has 0 atom stereocenters. The van der Waals surface area contributed by atoms with Gasteiger partial charge in [0, 0.05) is 29.5 Å². The number of H-pyrrole nitrogens is 1. The Morgan fingerprint density at radius 3 is 2.77 bits per heavy atom. The Balaban J connectivity index is 1.31. The highest BCUT2D eigenvalue weighted by Gasteiger charge is 2.06. The minimum Gasteiger partial charge on any atom is -0.489 e. The smallest absolute Gasteiger partial charge is 0.146 e. The Labute approximate surface area is 177 Å². The average molecular weight is 407 g/mol. The minimum atomic E-state index is 0.280. The lowest BCUT2D eigenvalue weighted by molar-refractivity contribution is 0.306. The number of pyridine rings is 1. The normalized spacial score (nSPS) is 10.7. The van der Waals surface area contributed by atoms with Crippen LogP contribution in [0, 0.1) is 11.3 Å². The van der Waals surface area contributed by atoms with Crippen LogP contribution in [0.25, 0.3) is 16.6 Å². The molecule has 2 N–H and O–H groups in total. The molecule has 0 aliphatic rings. The molecule has 0 aliphatic heterocycles. The van der Waals surface area contributed by atoms with Gasteiger partial charge in [-0.2, -0.15) is 10.4 Å². The molecular weight excluding hydrogens is 390 g/mol. The van der Waals surface area contributed by atoms with Crippen LogP contribution in [0.3, 0.4) is 0 Å². The van der Waals surface area contributed by atoms with Crippen LogP contribution in [-0.4, -0.2) is 24.7 Å². The van der Waals surface area contributed by atoms with Crippen LogP contribution >= 0.6 is 0 Å². The van der Waals surface area contributed by atoms with E-state index in [0.29, 0.717) is 18.2 Å². The second-order valence-electron chi connectivity index (χ2n) is 6.89. The van der Waals surface area contributed by atoms with Gasteiger partial charge >= 0.3 is 0 Å². The van der Waals surface area contributed by atoms with Crippen LogP contribution < -0.4 is 10.1 Å². The number of hydrogen-bond donors (Lipinski definition) is 2. The second-order valence-corrected chi connectivity index (χ2v) is 6.89. The average Bonchev–Trinajstić information content (AvgIpc) is 3.50. The van der Waals surface area contributed by atoms with Crippen molar-refractivity contribution >= 4 is 22.4 Å². The Bertz CT molecular complexity index is 1370. The summed E-state index contributed by atoms with van der Waals surface area (Å²) in [6.45, 7) is 0.362. The summed E-state index contributed by atoms with van der Waals surface area (Å²) in [5.74, 6) is 1.11. The van der Waals surface area contributed by atoms with E-state index in [-0.39, 0.29) is 5.69 Å². The summed E-state index contributed by atoms with van der Waals surface area (Å²) in [6.07, 6.45) is 5.04. The SMILES string of the molecule is N#Cc1cc(OCc2ccc(-n3cncn3)cc2)cc(Nc2ccc3cc[nH]c3c2)n1. The molecule has 150 valence electrons. The summed E-state index contributed by atoms with van der Waals surface area (Å²) in [5.41, 5.74) is 4.08. The molecule has 0 saturated carbocycles. The monoisotopic (exact) mass is 407 g/mol. The molecule has 5 aromatic rings. The molecule has 0 unspecified atom stereocenters. The van der Waals surface area contributed by atoms with Crippen LogP contribution in [0.4, 0.5) is 11.5 Å². The zero-order valence-electron chi connectivity index (χ0n) is 16.4. The Hall–Kier alpha value is -4.64. The van der Waals surface area contributed by atoms with Crippen molar-refractivity contribution in [3.63, 3.8) is 0 Å². The van der Waals surface area contributed by atoms with Crippen LogP contribution in [0.15, 0.2) is 79.5 Å². The van der Waals surface area contributed by atoms with Gasteiger partial charge in [-0.25, -0.2) is 14.6 Å². The lowest BCUT2D eigenvalue weighted by atomic mass is 10.2. The molecule has 0 bridgehead atoms. The first-order valence-corrected chi connectivity index (χ1v) is 9.60. The predicted molar refractivity (Wildman–Crippen MR) is 116 cm³/mol. The summed E-state index contributed by atoms with van der Waals surface area (Å²) >= 11 is 0. The van der Waals surface area contributed by atoms with E-state index < -0.39 is 0 Å². The van der Waals surface area contributed by atoms with Crippen molar-refractivity contribution in [2.75, 3.05) is 5.32 Å². The molecular formula is C23H17N7O. The van der Waals surface area contributed by atoms with E-state index in [1.165, 1.54) is 6.33 Å². The van der Waals surface area contributed by atoms with E-state index in [9.17, 15) is 5.26 Å². The van der Waals surface area contributed by atoms with Crippen molar-refractivity contribution in [3.8, 4) is 17.5 Å². The number of aromatic amines is 1. The zero-order chi connectivity index (χ0) is 21.0. The Morgan fingerprint density at radius 1 is 1.06 bits per heavy atom. The Morgan fingerprint density at radius 2 is 1.97 bits per heavy atom. The molecule has 0 saturated heterocycles. The maximum atomic E-state index is 9.36. The van der Waals surface area contributed by atoms with Crippen LogP contribution in [-0.2, 0) is 6.61 Å². The fraction of sp³-hybridized carbons (Fsp3) is 0.0435. The van der Waals surface area contributed by atoms with Gasteiger partial charge in [0.05, 0.1) is 5.69 Å². The number of anilines is 2. The van der Waals surface area contributed by atoms with Gasteiger partial charge in [0.15, 0.2) is 0 Å². The van der Waals surface area contributed by atoms with Gasteiger partial charge in [-0.05, 0) is 41.3 Å². The zero-order valence-corrected chi connectivity index (χ0v) is 16.4. The molecule has 8 nitrogen and oxygen atoms in total. The highest BCUT2D eigenvalue weighted by atomic mass is 16.5. The van der Waals surface area contributed by atoms with E-state index >= 15 is 0 Å². The van der Waals surface area contributed by atoms with Gasteiger partial charge in [0.25, 0.3) is 0 Å². The summed E-state index contributed by atoms with van der Waals surface area (Å²) in [4.78, 5) is 11.5. The number of rotatable bonds is 6. The number of nitriles is 1. The van der Waals surface area contributed by atoms with Gasteiger partial charge in [-0.3, -0.25) is 0 Å². The maximum absolute atomic E-state index is 9.36. The van der Waals surface area contributed by atoms with Crippen molar-refractivity contribution in [2.45, 2.75) is 6.61 Å². The highest BCUT2D eigenvalue weighted by Crippen LogP contribution is 2.24. The maximum Gasteiger partial charge on any atom is 0.146 e. The third-order valence-corrected chi connectivity index (χ3v) is 4.77. The number of nitrogens with one attached hydrogen (secondary N) is 2. The summed E-state index contributed by atoms with van der Waals surface area (Å²) in [7, 11) is 0. The molecule has 0 fully saturated rings. The van der Waals surface area contributed by atoms with Gasteiger partial charge in [0.2, 0.25) is 0 Å². The van der Waals surface area contributed by atoms with Gasteiger partial charge in [0.1, 0.15) is 42.6 Å². The second kappa shape index (κ2) is 8.00. The molecule has 0 amide bonds. The third kappa shape index (κ3) is 4.06. The standard InChI is InChI=1S/C23H17N7O/c24-12-19-9-21(31-13-16-1-5-20(6-2-16)30-15-25-14-27-30)11-23(29-19)28-18-4-3-17-7-8-26-22(17)10-18/h1-11,14-15,26H,13H2,(H,28,29). The van der Waals surface area contributed by atoms with Crippen molar-refractivity contribution in [1.82, 2.24) is 24.7 Å². The number of ether oxygens (including phenoxy) is 1. The molecule has 3 aromatic heterocycles. The summed E-state index contributed by atoms with van der Waals surface area (Å²) in [5, 5.41) is 17.8. The first-order chi connectivity index (χ1) is 15.3. The van der Waals surface area contributed by atoms with Crippen LogP contribution in [0.1, 0.15) is 11.3 Å². The minimum absolute atomic E-state index is 0.280. The first kappa shape index (κ1) is 18.4. The molecule has 31 heavy (non-hydrogen) atoms. The molecule has 2 aromatic carbocycles. The highest BCUT2D eigenvalue weighted by molar-refractivity contribution is 5.83. The number of hydrogen-bond acceptors (Lipinski definition) is 6. The van der Waals surface area contributed by atoms with E-state index in [1.54, 1.807) is 23.1 Å². The molecule has 0 spiro atoms. The fourth-order valence-electron chi connectivity index (χ4n) is 3.24. The fourth-order valence-corrected chi connectivity index (χ4v) is 3.24. The van der Waals surface area contributed by atoms with Gasteiger partial charge in [-0.1, -0.05) is 18.2 Å². The number of benzene rings is 2. The van der Waals surface area contributed by atoms with Crippen molar-refractivity contribution < 1.29 is 4.74 Å². The first-order valence-electron chi connectivity index (χ1n) is 9.60. The van der Waals surface area contributed by atoms with Crippen LogP contribution in [0.2, 0.25) is 0 Å². The quantitative estimate of drug-likeness (QED) is 0.434. The molecule has 5 rings (SSSR count). The molecule has 3 heterocycles. The summed E-state index contributed by atoms with van der Waals surface area (Å²) in [6, 6.07) is 21.3. The topological polar surface area (TPSA) is 104 Å². The number of fused-ring (bicyclic) bond motifs is 1. The predicted octanol–water partition coefficient (Wildman–Crippen LogP) is 4.34. The molecule has 0 aliphatic carbocycles. The van der Waals surface area contributed by atoms with Crippen LogP contribution in [0.5, 0.6) is 5.75 Å².